The van der Waals surface area contributed by atoms with Gasteiger partial charge in [0.05, 0.1) is 4.90 Å². The van der Waals surface area contributed by atoms with Crippen molar-refractivity contribution in [2.75, 3.05) is 6.54 Å². The number of hydrogen-bond acceptors (Lipinski definition) is 3. The third-order valence-electron chi connectivity index (χ3n) is 6.36. The number of alkyl halides is 3. The number of carbonyl (C=O) groups excluding carboxylic acids is 1. The van der Waals surface area contributed by atoms with E-state index in [-0.39, 0.29) is 17.9 Å². The van der Waals surface area contributed by atoms with E-state index >= 15 is 0 Å². The van der Waals surface area contributed by atoms with Crippen LogP contribution in [0.2, 0.25) is 0 Å². The van der Waals surface area contributed by atoms with Gasteiger partial charge in [-0.2, -0.15) is 13.2 Å². The Bertz CT molecular complexity index is 882. The van der Waals surface area contributed by atoms with Gasteiger partial charge in [0.1, 0.15) is 0 Å². The number of hydrogen-bond donors (Lipinski definition) is 0. The number of rotatable bonds is 1. The van der Waals surface area contributed by atoms with Crippen LogP contribution in [0, 0.1) is 5.41 Å². The summed E-state index contributed by atoms with van der Waals surface area (Å²) < 4.78 is 62.4. The molecule has 144 valence electrons. The third kappa shape index (κ3) is 2.72. The second-order valence-corrected chi connectivity index (χ2v) is 10.3. The van der Waals surface area contributed by atoms with Crippen molar-refractivity contribution in [3.63, 3.8) is 0 Å². The molecule has 1 aromatic rings. The highest BCUT2D eigenvalue weighted by molar-refractivity contribution is 8.13. The van der Waals surface area contributed by atoms with E-state index in [4.69, 9.17) is 10.7 Å². The predicted molar refractivity (Wildman–Crippen MR) is 90.5 cm³/mol. The van der Waals surface area contributed by atoms with E-state index in [0.717, 1.165) is 16.0 Å². The standard InChI is InChI=1S/C17H19ClF3NO3S/c1-15(2)13-8-10-4-5-11(26(18,24)25)9-12(10)16(15,3)6-7-22(13)14(23)17(19,20)21/h4-5,9,13H,6-8H2,1-3H3/t13-,16-/m0/s1. The lowest BCUT2D eigenvalue weighted by Crippen LogP contribution is -2.66. The number of piperidine rings is 1. The Labute approximate surface area is 154 Å². The summed E-state index contributed by atoms with van der Waals surface area (Å²) in [7, 11) is 1.55. The minimum Gasteiger partial charge on any atom is -0.331 e. The summed E-state index contributed by atoms with van der Waals surface area (Å²) in [6.45, 7) is 5.55. The molecule has 3 rings (SSSR count). The molecular weight excluding hydrogens is 391 g/mol. The maximum atomic E-state index is 13.0. The van der Waals surface area contributed by atoms with Crippen molar-refractivity contribution in [2.45, 2.75) is 56.1 Å². The smallest absolute Gasteiger partial charge is 0.331 e. The molecule has 2 aliphatic rings. The first-order chi connectivity index (χ1) is 11.7. The first kappa shape index (κ1) is 19.5. The van der Waals surface area contributed by atoms with Crippen LogP contribution >= 0.6 is 10.7 Å². The molecule has 26 heavy (non-hydrogen) atoms. The molecule has 0 N–H and O–H groups in total. The van der Waals surface area contributed by atoms with Gasteiger partial charge in [-0.05, 0) is 41.5 Å². The molecule has 1 aliphatic heterocycles. The van der Waals surface area contributed by atoms with Crippen molar-refractivity contribution in [3.8, 4) is 0 Å². The van der Waals surface area contributed by atoms with Crippen LogP contribution in [0.1, 0.15) is 38.3 Å². The molecule has 2 atom stereocenters. The Balaban J connectivity index is 2.14. The van der Waals surface area contributed by atoms with Crippen LogP contribution in [0.25, 0.3) is 0 Å². The van der Waals surface area contributed by atoms with Crippen molar-refractivity contribution in [3.05, 3.63) is 29.3 Å². The average Bonchev–Trinajstić information content (AvgIpc) is 2.48. The molecule has 1 fully saturated rings. The van der Waals surface area contributed by atoms with Gasteiger partial charge in [-0.1, -0.05) is 26.8 Å². The van der Waals surface area contributed by atoms with Gasteiger partial charge in [0.15, 0.2) is 0 Å². The Morgan fingerprint density at radius 3 is 2.42 bits per heavy atom. The molecule has 1 amide bonds. The zero-order valence-electron chi connectivity index (χ0n) is 14.5. The lowest BCUT2D eigenvalue weighted by molar-refractivity contribution is -0.195. The van der Waals surface area contributed by atoms with Crippen LogP contribution in [0.5, 0.6) is 0 Å². The number of likely N-dealkylation sites (tertiary alicyclic amines) is 1. The molecule has 0 saturated carbocycles. The van der Waals surface area contributed by atoms with E-state index in [0.29, 0.717) is 6.42 Å². The van der Waals surface area contributed by atoms with Crippen LogP contribution < -0.4 is 0 Å². The number of halogens is 4. The Morgan fingerprint density at radius 1 is 1.27 bits per heavy atom. The molecule has 1 heterocycles. The van der Waals surface area contributed by atoms with Gasteiger partial charge in [-0.15, -0.1) is 0 Å². The van der Waals surface area contributed by atoms with Gasteiger partial charge in [-0.25, -0.2) is 8.42 Å². The van der Waals surface area contributed by atoms with Gasteiger partial charge in [-0.3, -0.25) is 4.79 Å². The summed E-state index contributed by atoms with van der Waals surface area (Å²) in [6, 6.07) is 3.85. The fourth-order valence-corrected chi connectivity index (χ4v) is 5.22. The number of amides is 1. The van der Waals surface area contributed by atoms with E-state index in [9.17, 15) is 26.4 Å². The van der Waals surface area contributed by atoms with Gasteiger partial charge in [0.25, 0.3) is 9.05 Å². The van der Waals surface area contributed by atoms with Crippen molar-refractivity contribution in [1.82, 2.24) is 4.90 Å². The summed E-state index contributed by atoms with van der Waals surface area (Å²) in [6.07, 6.45) is -4.37. The van der Waals surface area contributed by atoms with Crippen molar-refractivity contribution in [1.29, 1.82) is 0 Å². The fourth-order valence-electron chi connectivity index (χ4n) is 4.44. The highest BCUT2D eigenvalue weighted by Crippen LogP contribution is 2.56. The summed E-state index contributed by atoms with van der Waals surface area (Å²) in [4.78, 5) is 12.8. The van der Waals surface area contributed by atoms with Crippen LogP contribution in [-0.4, -0.2) is 38.0 Å². The maximum absolute atomic E-state index is 13.0. The highest BCUT2D eigenvalue weighted by Gasteiger charge is 2.59. The van der Waals surface area contributed by atoms with Crippen LogP contribution in [-0.2, 0) is 25.7 Å². The number of benzene rings is 1. The second-order valence-electron chi connectivity index (χ2n) is 7.78. The minimum absolute atomic E-state index is 0.0258. The van der Waals surface area contributed by atoms with Crippen LogP contribution in [0.15, 0.2) is 23.1 Å². The summed E-state index contributed by atoms with van der Waals surface area (Å²) in [5, 5.41) is 0. The largest absolute Gasteiger partial charge is 0.471 e. The van der Waals surface area contributed by atoms with E-state index in [1.165, 1.54) is 12.1 Å². The molecule has 1 aliphatic carbocycles. The molecule has 1 aromatic carbocycles. The van der Waals surface area contributed by atoms with Crippen molar-refractivity contribution >= 4 is 25.6 Å². The average molecular weight is 410 g/mol. The predicted octanol–water partition coefficient (Wildman–Crippen LogP) is 3.62. The number of carbonyl (C=O) groups is 1. The Hall–Kier alpha value is -1.28. The van der Waals surface area contributed by atoms with E-state index in [1.54, 1.807) is 6.07 Å². The normalized spacial score (nSPS) is 27.8. The Morgan fingerprint density at radius 2 is 1.88 bits per heavy atom. The molecule has 0 unspecified atom stereocenters. The molecule has 4 nitrogen and oxygen atoms in total. The summed E-state index contributed by atoms with van der Waals surface area (Å²) in [5.41, 5.74) is 0.277. The van der Waals surface area contributed by atoms with E-state index < -0.39 is 38.0 Å². The highest BCUT2D eigenvalue weighted by atomic mass is 35.7. The molecule has 1 saturated heterocycles. The topological polar surface area (TPSA) is 54.5 Å². The quantitative estimate of drug-likeness (QED) is 0.666. The first-order valence-electron chi connectivity index (χ1n) is 8.15. The SMILES string of the molecule is CC1(C)[C@@H]2Cc3ccc(S(=O)(=O)Cl)cc3[C@]1(C)CCN2C(=O)C(F)(F)F. The molecular formula is C17H19ClF3NO3S. The van der Waals surface area contributed by atoms with Gasteiger partial charge in [0.2, 0.25) is 0 Å². The van der Waals surface area contributed by atoms with E-state index in [2.05, 4.69) is 0 Å². The molecule has 0 aromatic heterocycles. The lowest BCUT2D eigenvalue weighted by Gasteiger charge is -2.60. The number of nitrogens with zero attached hydrogens (tertiary/aromatic N) is 1. The zero-order valence-corrected chi connectivity index (χ0v) is 16.1. The molecule has 9 heteroatoms. The monoisotopic (exact) mass is 409 g/mol. The maximum Gasteiger partial charge on any atom is 0.471 e. The summed E-state index contributed by atoms with van der Waals surface area (Å²) in [5.74, 6) is -1.82. The molecule has 2 bridgehead atoms. The third-order valence-corrected chi connectivity index (χ3v) is 7.71. The zero-order chi connectivity index (χ0) is 19.7. The van der Waals surface area contributed by atoms with Gasteiger partial charge in [0, 0.05) is 28.7 Å². The van der Waals surface area contributed by atoms with E-state index in [1.807, 2.05) is 20.8 Å². The lowest BCUT2D eigenvalue weighted by atomic mass is 9.51. The van der Waals surface area contributed by atoms with Crippen molar-refractivity contribution < 1.29 is 26.4 Å². The van der Waals surface area contributed by atoms with Crippen LogP contribution in [0.3, 0.4) is 0 Å². The summed E-state index contributed by atoms with van der Waals surface area (Å²) >= 11 is 0. The van der Waals surface area contributed by atoms with Crippen molar-refractivity contribution in [2.24, 2.45) is 5.41 Å². The fraction of sp³-hybridized carbons (Fsp3) is 0.588. The Kier molecular flexibility index (Phi) is 4.20. The van der Waals surface area contributed by atoms with Crippen LogP contribution in [0.4, 0.5) is 13.2 Å². The van der Waals surface area contributed by atoms with Gasteiger partial charge >= 0.3 is 12.1 Å². The first-order valence-corrected chi connectivity index (χ1v) is 10.5. The molecule has 0 radical (unpaired) electrons. The van der Waals surface area contributed by atoms with Gasteiger partial charge < -0.3 is 4.90 Å². The second kappa shape index (κ2) is 5.61. The minimum atomic E-state index is -4.92. The molecule has 0 spiro atoms. The number of fused-ring (bicyclic) bond motifs is 4.